The Bertz CT molecular complexity index is 890. The average Bonchev–Trinajstić information content (AvgIpc) is 2.99. The van der Waals surface area contributed by atoms with Gasteiger partial charge in [-0.3, -0.25) is 14.5 Å². The van der Waals surface area contributed by atoms with Gasteiger partial charge in [0.25, 0.3) is 5.69 Å². The van der Waals surface area contributed by atoms with Gasteiger partial charge in [0.1, 0.15) is 0 Å². The summed E-state index contributed by atoms with van der Waals surface area (Å²) in [7, 11) is 0. The number of non-ortho nitro benzene ring substituents is 1. The van der Waals surface area contributed by atoms with Gasteiger partial charge < -0.3 is 10.6 Å². The summed E-state index contributed by atoms with van der Waals surface area (Å²) in [5, 5.41) is 24.1. The lowest BCUT2D eigenvalue weighted by atomic mass is 10.3. The number of nitro benzene ring substituents is 1. The van der Waals surface area contributed by atoms with Crippen LogP contribution in [0.3, 0.4) is 0 Å². The van der Waals surface area contributed by atoms with Crippen molar-refractivity contribution in [3.05, 3.63) is 64.6 Å². The molecule has 1 aromatic carbocycles. The monoisotopic (exact) mass is 326 g/mol. The molecule has 0 bridgehead atoms. The lowest BCUT2D eigenvalue weighted by Crippen LogP contribution is -2.32. The van der Waals surface area contributed by atoms with Crippen molar-refractivity contribution in [2.45, 2.75) is 13.0 Å². The van der Waals surface area contributed by atoms with Crippen LogP contribution in [0.15, 0.2) is 48.7 Å². The number of benzene rings is 1. The minimum atomic E-state index is -0.498. The standard InChI is InChI=1S/C15H14N6O3/c1-10(14-19-18-13-4-2-3-9-20(13)14)16-15(22)17-11-5-7-12(8-6-11)21(23)24/h2-10H,1H3,(H2,16,17,22). The fourth-order valence-electron chi connectivity index (χ4n) is 2.25. The van der Waals surface area contributed by atoms with Gasteiger partial charge in [0.15, 0.2) is 11.5 Å². The van der Waals surface area contributed by atoms with Gasteiger partial charge in [-0.05, 0) is 31.2 Å². The lowest BCUT2D eigenvalue weighted by molar-refractivity contribution is -0.384. The molecule has 24 heavy (non-hydrogen) atoms. The number of carbonyl (C=O) groups excluding carboxylic acids is 1. The summed E-state index contributed by atoms with van der Waals surface area (Å²) in [6, 6.07) is 10.3. The second kappa shape index (κ2) is 6.32. The van der Waals surface area contributed by atoms with Gasteiger partial charge in [0.2, 0.25) is 0 Å². The zero-order valence-corrected chi connectivity index (χ0v) is 12.7. The lowest BCUT2D eigenvalue weighted by Gasteiger charge is -2.13. The van der Waals surface area contributed by atoms with Crippen LogP contribution in [-0.4, -0.2) is 25.6 Å². The van der Waals surface area contributed by atoms with Crippen molar-refractivity contribution in [2.24, 2.45) is 0 Å². The van der Waals surface area contributed by atoms with Crippen LogP contribution in [0.4, 0.5) is 16.2 Å². The molecular weight excluding hydrogens is 312 g/mol. The zero-order chi connectivity index (χ0) is 17.1. The molecule has 0 aliphatic heterocycles. The number of urea groups is 1. The smallest absolute Gasteiger partial charge is 0.319 e. The van der Waals surface area contributed by atoms with E-state index in [-0.39, 0.29) is 11.7 Å². The van der Waals surface area contributed by atoms with Crippen LogP contribution in [0.25, 0.3) is 5.65 Å². The van der Waals surface area contributed by atoms with Crippen molar-refractivity contribution in [3.8, 4) is 0 Å². The Labute approximate surface area is 136 Å². The fourth-order valence-corrected chi connectivity index (χ4v) is 2.25. The number of aromatic nitrogens is 3. The number of nitrogens with zero attached hydrogens (tertiary/aromatic N) is 4. The van der Waals surface area contributed by atoms with E-state index in [9.17, 15) is 14.9 Å². The first-order chi connectivity index (χ1) is 11.5. The van der Waals surface area contributed by atoms with Crippen LogP contribution in [0.2, 0.25) is 0 Å². The summed E-state index contributed by atoms with van der Waals surface area (Å²) in [6.07, 6.45) is 1.82. The number of carbonyl (C=O) groups is 1. The minimum Gasteiger partial charge on any atom is -0.328 e. The molecule has 0 saturated heterocycles. The minimum absolute atomic E-state index is 0.0377. The van der Waals surface area contributed by atoms with Gasteiger partial charge in [0.05, 0.1) is 11.0 Å². The van der Waals surface area contributed by atoms with E-state index in [4.69, 9.17) is 0 Å². The van der Waals surface area contributed by atoms with Gasteiger partial charge >= 0.3 is 6.03 Å². The summed E-state index contributed by atoms with van der Waals surface area (Å²) >= 11 is 0. The number of pyridine rings is 1. The molecule has 3 rings (SSSR count). The second-order valence-corrected chi connectivity index (χ2v) is 5.11. The van der Waals surface area contributed by atoms with E-state index < -0.39 is 11.0 Å². The first-order valence-electron chi connectivity index (χ1n) is 7.16. The van der Waals surface area contributed by atoms with Crippen molar-refractivity contribution < 1.29 is 9.72 Å². The third-order valence-electron chi connectivity index (χ3n) is 3.41. The second-order valence-electron chi connectivity index (χ2n) is 5.11. The average molecular weight is 326 g/mol. The third-order valence-corrected chi connectivity index (χ3v) is 3.41. The predicted molar refractivity (Wildman–Crippen MR) is 86.7 cm³/mol. The zero-order valence-electron chi connectivity index (χ0n) is 12.7. The Hall–Kier alpha value is -3.49. The first kappa shape index (κ1) is 15.4. The van der Waals surface area contributed by atoms with E-state index in [0.717, 1.165) is 0 Å². The van der Waals surface area contributed by atoms with E-state index in [1.54, 1.807) is 11.3 Å². The van der Waals surface area contributed by atoms with Crippen molar-refractivity contribution >= 4 is 23.1 Å². The number of nitro groups is 1. The summed E-state index contributed by atoms with van der Waals surface area (Å²) in [5.74, 6) is 0.601. The van der Waals surface area contributed by atoms with Gasteiger partial charge in [-0.25, -0.2) is 4.79 Å². The van der Waals surface area contributed by atoms with Crippen molar-refractivity contribution in [1.82, 2.24) is 19.9 Å². The molecule has 2 amide bonds. The summed E-state index contributed by atoms with van der Waals surface area (Å²) < 4.78 is 1.79. The molecular formula is C15H14N6O3. The third kappa shape index (κ3) is 3.14. The molecule has 0 radical (unpaired) electrons. The van der Waals surface area contributed by atoms with Crippen LogP contribution in [-0.2, 0) is 0 Å². The highest BCUT2D eigenvalue weighted by molar-refractivity contribution is 5.89. The van der Waals surface area contributed by atoms with E-state index in [0.29, 0.717) is 17.2 Å². The molecule has 0 aliphatic rings. The summed E-state index contributed by atoms with van der Waals surface area (Å²) in [4.78, 5) is 22.2. The first-order valence-corrected chi connectivity index (χ1v) is 7.16. The maximum Gasteiger partial charge on any atom is 0.319 e. The Morgan fingerprint density at radius 3 is 2.67 bits per heavy atom. The Balaban J connectivity index is 1.67. The van der Waals surface area contributed by atoms with E-state index >= 15 is 0 Å². The number of rotatable bonds is 4. The number of amides is 2. The van der Waals surface area contributed by atoms with Crippen molar-refractivity contribution in [3.63, 3.8) is 0 Å². The van der Waals surface area contributed by atoms with E-state index in [1.165, 1.54) is 24.3 Å². The Morgan fingerprint density at radius 1 is 1.21 bits per heavy atom. The molecule has 0 spiro atoms. The maximum absolute atomic E-state index is 12.1. The SMILES string of the molecule is CC(NC(=O)Nc1ccc([N+](=O)[O-])cc1)c1nnc2ccccn12. The Kier molecular flexibility index (Phi) is 4.06. The number of hydrogen-bond donors (Lipinski definition) is 2. The van der Waals surface area contributed by atoms with Crippen LogP contribution in [0.1, 0.15) is 18.8 Å². The molecule has 2 heterocycles. The molecule has 122 valence electrons. The van der Waals surface area contributed by atoms with Crippen molar-refractivity contribution in [1.29, 1.82) is 0 Å². The molecule has 1 unspecified atom stereocenters. The fraction of sp³-hybridized carbons (Fsp3) is 0.133. The maximum atomic E-state index is 12.1. The predicted octanol–water partition coefficient (Wildman–Crippen LogP) is 2.52. The van der Waals surface area contributed by atoms with Crippen molar-refractivity contribution in [2.75, 3.05) is 5.32 Å². The summed E-state index contributed by atoms with van der Waals surface area (Å²) in [6.45, 7) is 1.79. The number of hydrogen-bond acceptors (Lipinski definition) is 5. The molecule has 0 fully saturated rings. The van der Waals surface area contributed by atoms with Crippen LogP contribution < -0.4 is 10.6 Å². The van der Waals surface area contributed by atoms with Crippen LogP contribution >= 0.6 is 0 Å². The van der Waals surface area contributed by atoms with E-state index in [1.807, 2.05) is 24.4 Å². The number of fused-ring (bicyclic) bond motifs is 1. The molecule has 1 atom stereocenters. The van der Waals surface area contributed by atoms with Gasteiger partial charge in [-0.2, -0.15) is 0 Å². The molecule has 9 nitrogen and oxygen atoms in total. The Morgan fingerprint density at radius 2 is 1.96 bits per heavy atom. The van der Waals surface area contributed by atoms with Gasteiger partial charge in [-0.15, -0.1) is 10.2 Å². The molecule has 2 aromatic heterocycles. The normalized spacial score (nSPS) is 11.9. The topological polar surface area (TPSA) is 114 Å². The molecule has 0 aliphatic carbocycles. The van der Waals surface area contributed by atoms with E-state index in [2.05, 4.69) is 20.8 Å². The highest BCUT2D eigenvalue weighted by Gasteiger charge is 2.15. The largest absolute Gasteiger partial charge is 0.328 e. The molecule has 3 aromatic rings. The molecule has 2 N–H and O–H groups in total. The molecule has 9 heteroatoms. The highest BCUT2D eigenvalue weighted by atomic mass is 16.6. The van der Waals surface area contributed by atoms with Gasteiger partial charge in [0, 0.05) is 24.0 Å². The van der Waals surface area contributed by atoms with Crippen LogP contribution in [0.5, 0.6) is 0 Å². The quantitative estimate of drug-likeness (QED) is 0.565. The molecule has 0 saturated carbocycles. The number of anilines is 1. The van der Waals surface area contributed by atoms with Gasteiger partial charge in [-0.1, -0.05) is 6.07 Å². The number of nitrogens with one attached hydrogen (secondary N) is 2. The summed E-state index contributed by atoms with van der Waals surface area (Å²) in [5.41, 5.74) is 1.11. The van der Waals surface area contributed by atoms with Crippen LogP contribution in [0, 0.1) is 10.1 Å². The highest BCUT2D eigenvalue weighted by Crippen LogP contribution is 2.16.